The second-order valence-corrected chi connectivity index (χ2v) is 4.57. The van der Waals surface area contributed by atoms with E-state index < -0.39 is 0 Å². The first kappa shape index (κ1) is 13.6. The molecule has 19 heavy (non-hydrogen) atoms. The first-order chi connectivity index (χ1) is 9.11. The van der Waals surface area contributed by atoms with Gasteiger partial charge in [-0.1, -0.05) is 25.1 Å². The van der Waals surface area contributed by atoms with Crippen molar-refractivity contribution in [3.05, 3.63) is 59.4 Å². The number of ether oxygens (including phenoxy) is 1. The van der Waals surface area contributed by atoms with Crippen LogP contribution >= 0.6 is 0 Å². The van der Waals surface area contributed by atoms with Gasteiger partial charge in [-0.25, -0.2) is 4.39 Å². The van der Waals surface area contributed by atoms with Gasteiger partial charge in [-0.2, -0.15) is 0 Å². The predicted octanol–water partition coefficient (Wildman–Crippen LogP) is 4.34. The van der Waals surface area contributed by atoms with Crippen molar-refractivity contribution in [1.29, 1.82) is 0 Å². The molecule has 3 heteroatoms. The average molecular weight is 259 g/mol. The van der Waals surface area contributed by atoms with Gasteiger partial charge in [-0.05, 0) is 43.2 Å². The van der Waals surface area contributed by atoms with Crippen molar-refractivity contribution in [2.24, 2.45) is 5.73 Å². The Hall–Kier alpha value is -1.87. The van der Waals surface area contributed by atoms with E-state index in [0.717, 1.165) is 17.7 Å². The van der Waals surface area contributed by atoms with Crippen molar-refractivity contribution >= 4 is 0 Å². The quantitative estimate of drug-likeness (QED) is 0.886. The molecule has 2 aromatic rings. The molecular weight excluding hydrogens is 241 g/mol. The topological polar surface area (TPSA) is 35.2 Å². The van der Waals surface area contributed by atoms with Crippen LogP contribution in [0, 0.1) is 12.7 Å². The highest BCUT2D eigenvalue weighted by Crippen LogP contribution is 2.30. The zero-order valence-electron chi connectivity index (χ0n) is 11.2. The summed E-state index contributed by atoms with van der Waals surface area (Å²) < 4.78 is 19.0. The largest absolute Gasteiger partial charge is 0.457 e. The molecule has 0 aliphatic heterocycles. The number of hydrogen-bond acceptors (Lipinski definition) is 2. The van der Waals surface area contributed by atoms with Crippen LogP contribution in [0.4, 0.5) is 4.39 Å². The van der Waals surface area contributed by atoms with E-state index in [2.05, 4.69) is 0 Å². The number of hydrogen-bond donors (Lipinski definition) is 1. The molecule has 0 saturated carbocycles. The van der Waals surface area contributed by atoms with Crippen molar-refractivity contribution in [2.75, 3.05) is 0 Å². The van der Waals surface area contributed by atoms with Crippen molar-refractivity contribution < 1.29 is 9.13 Å². The maximum atomic E-state index is 13.2. The molecule has 100 valence electrons. The van der Waals surface area contributed by atoms with Gasteiger partial charge in [0, 0.05) is 11.6 Å². The second kappa shape index (κ2) is 5.85. The first-order valence-electron chi connectivity index (χ1n) is 6.40. The van der Waals surface area contributed by atoms with Crippen LogP contribution in [0.25, 0.3) is 0 Å². The Morgan fingerprint density at radius 2 is 1.95 bits per heavy atom. The van der Waals surface area contributed by atoms with Crippen LogP contribution in [0.15, 0.2) is 42.5 Å². The minimum Gasteiger partial charge on any atom is -0.457 e. The predicted molar refractivity (Wildman–Crippen MR) is 74.9 cm³/mol. The summed E-state index contributed by atoms with van der Waals surface area (Å²) >= 11 is 0. The smallest absolute Gasteiger partial charge is 0.132 e. The van der Waals surface area contributed by atoms with Crippen LogP contribution in [0.1, 0.15) is 30.5 Å². The molecule has 1 atom stereocenters. The third kappa shape index (κ3) is 3.12. The van der Waals surface area contributed by atoms with Gasteiger partial charge in [-0.3, -0.25) is 0 Å². The molecule has 0 saturated heterocycles. The molecule has 0 heterocycles. The molecule has 0 spiro atoms. The minimum absolute atomic E-state index is 0.0576. The van der Waals surface area contributed by atoms with Crippen molar-refractivity contribution in [3.63, 3.8) is 0 Å². The molecule has 2 N–H and O–H groups in total. The molecule has 0 fully saturated rings. The Morgan fingerprint density at radius 1 is 1.21 bits per heavy atom. The lowest BCUT2D eigenvalue weighted by Crippen LogP contribution is -2.09. The lowest BCUT2D eigenvalue weighted by molar-refractivity contribution is 0.466. The van der Waals surface area contributed by atoms with Crippen molar-refractivity contribution in [3.8, 4) is 11.5 Å². The first-order valence-corrected chi connectivity index (χ1v) is 6.40. The highest BCUT2D eigenvalue weighted by atomic mass is 19.1. The molecule has 0 radical (unpaired) electrons. The molecule has 2 aromatic carbocycles. The molecule has 0 amide bonds. The number of para-hydroxylation sites is 1. The fourth-order valence-electron chi connectivity index (χ4n) is 1.91. The van der Waals surface area contributed by atoms with Gasteiger partial charge in [0.2, 0.25) is 0 Å². The van der Waals surface area contributed by atoms with Gasteiger partial charge in [0.1, 0.15) is 17.3 Å². The van der Waals surface area contributed by atoms with Crippen LogP contribution in [-0.4, -0.2) is 0 Å². The Balaban J connectivity index is 2.30. The van der Waals surface area contributed by atoms with Crippen molar-refractivity contribution in [1.82, 2.24) is 0 Å². The highest BCUT2D eigenvalue weighted by Gasteiger charge is 2.11. The molecule has 0 aliphatic rings. The molecule has 1 unspecified atom stereocenters. The average Bonchev–Trinajstić information content (AvgIpc) is 2.43. The van der Waals surface area contributed by atoms with Gasteiger partial charge >= 0.3 is 0 Å². The van der Waals surface area contributed by atoms with E-state index in [1.165, 1.54) is 6.07 Å². The van der Waals surface area contributed by atoms with Gasteiger partial charge < -0.3 is 10.5 Å². The lowest BCUT2D eigenvalue weighted by atomic mass is 10.0. The molecule has 2 rings (SSSR count). The van der Waals surface area contributed by atoms with Crippen LogP contribution in [0.5, 0.6) is 11.5 Å². The van der Waals surface area contributed by atoms with E-state index in [0.29, 0.717) is 11.3 Å². The van der Waals surface area contributed by atoms with E-state index in [-0.39, 0.29) is 11.9 Å². The van der Waals surface area contributed by atoms with Gasteiger partial charge in [0.25, 0.3) is 0 Å². The van der Waals surface area contributed by atoms with E-state index in [4.69, 9.17) is 10.5 Å². The third-order valence-electron chi connectivity index (χ3n) is 3.12. The zero-order valence-corrected chi connectivity index (χ0v) is 11.2. The van der Waals surface area contributed by atoms with E-state index in [1.807, 2.05) is 31.2 Å². The van der Waals surface area contributed by atoms with E-state index in [1.54, 1.807) is 19.1 Å². The van der Waals surface area contributed by atoms with Crippen molar-refractivity contribution in [2.45, 2.75) is 26.3 Å². The number of benzene rings is 2. The van der Waals surface area contributed by atoms with E-state index in [9.17, 15) is 4.39 Å². The maximum absolute atomic E-state index is 13.2. The number of nitrogens with two attached hydrogens (primary N) is 1. The Bertz CT molecular complexity index is 568. The summed E-state index contributed by atoms with van der Waals surface area (Å²) in [5, 5.41) is 0. The standard InChI is InChI=1S/C16H18FNO/c1-3-15(18)13-6-4-5-7-16(13)19-12-8-9-14(17)11(2)10-12/h4-10,15H,3,18H2,1-2H3. The number of rotatable bonds is 4. The number of aryl methyl sites for hydroxylation is 1. The molecule has 0 aliphatic carbocycles. The minimum atomic E-state index is -0.231. The summed E-state index contributed by atoms with van der Waals surface area (Å²) in [7, 11) is 0. The highest BCUT2D eigenvalue weighted by molar-refractivity contribution is 5.40. The normalized spacial score (nSPS) is 12.2. The third-order valence-corrected chi connectivity index (χ3v) is 3.12. The van der Waals surface area contributed by atoms with Crippen LogP contribution in [0.3, 0.4) is 0 Å². The molecule has 2 nitrogen and oxygen atoms in total. The molecule has 0 aromatic heterocycles. The summed E-state index contributed by atoms with van der Waals surface area (Å²) in [5.74, 6) is 1.11. The van der Waals surface area contributed by atoms with Crippen LogP contribution in [0.2, 0.25) is 0 Å². The Kier molecular flexibility index (Phi) is 4.17. The molecular formula is C16H18FNO. The summed E-state index contributed by atoms with van der Waals surface area (Å²) in [6.45, 7) is 3.75. The second-order valence-electron chi connectivity index (χ2n) is 4.57. The maximum Gasteiger partial charge on any atom is 0.132 e. The zero-order chi connectivity index (χ0) is 13.8. The van der Waals surface area contributed by atoms with Crippen LogP contribution in [-0.2, 0) is 0 Å². The fraction of sp³-hybridized carbons (Fsp3) is 0.250. The lowest BCUT2D eigenvalue weighted by Gasteiger charge is -2.15. The summed E-state index contributed by atoms with van der Waals surface area (Å²) in [5.41, 5.74) is 7.59. The summed E-state index contributed by atoms with van der Waals surface area (Å²) in [6.07, 6.45) is 0.836. The summed E-state index contributed by atoms with van der Waals surface area (Å²) in [6, 6.07) is 12.3. The van der Waals surface area contributed by atoms with Gasteiger partial charge in [0.05, 0.1) is 0 Å². The fourth-order valence-corrected chi connectivity index (χ4v) is 1.91. The molecule has 0 bridgehead atoms. The number of halogens is 1. The van der Waals surface area contributed by atoms with Crippen LogP contribution < -0.4 is 10.5 Å². The Labute approximate surface area is 113 Å². The SMILES string of the molecule is CCC(N)c1ccccc1Oc1ccc(F)c(C)c1. The van der Waals surface area contributed by atoms with Gasteiger partial charge in [0.15, 0.2) is 0 Å². The van der Waals surface area contributed by atoms with Gasteiger partial charge in [-0.15, -0.1) is 0 Å². The monoisotopic (exact) mass is 259 g/mol. The van der Waals surface area contributed by atoms with E-state index >= 15 is 0 Å². The summed E-state index contributed by atoms with van der Waals surface area (Å²) in [4.78, 5) is 0. The Morgan fingerprint density at radius 3 is 2.63 bits per heavy atom.